The predicted octanol–water partition coefficient (Wildman–Crippen LogP) is 3.85. The van der Waals surface area contributed by atoms with Crippen LogP contribution in [0.2, 0.25) is 0 Å². The van der Waals surface area contributed by atoms with Crippen molar-refractivity contribution in [1.82, 2.24) is 19.8 Å². The van der Waals surface area contributed by atoms with Crippen molar-refractivity contribution >= 4 is 32.7 Å². The van der Waals surface area contributed by atoms with Crippen LogP contribution in [0, 0.1) is 18.7 Å². The van der Waals surface area contributed by atoms with Gasteiger partial charge in [0.1, 0.15) is 17.2 Å². The minimum Gasteiger partial charge on any atom is -0.344 e. The van der Waals surface area contributed by atoms with Crippen molar-refractivity contribution in [1.29, 1.82) is 0 Å². The van der Waals surface area contributed by atoms with E-state index in [-0.39, 0.29) is 47.3 Å². The third-order valence-corrected chi connectivity index (χ3v) is 9.03. The van der Waals surface area contributed by atoms with E-state index in [2.05, 4.69) is 15.0 Å². The maximum atomic E-state index is 14.7. The van der Waals surface area contributed by atoms with Crippen LogP contribution in [0.15, 0.2) is 30.3 Å². The number of imidazole rings is 1. The number of amides is 1. The molecule has 5 rings (SSSR count). The van der Waals surface area contributed by atoms with Crippen LogP contribution in [0.1, 0.15) is 41.8 Å². The van der Waals surface area contributed by atoms with Crippen molar-refractivity contribution in [2.24, 2.45) is 5.92 Å². The van der Waals surface area contributed by atoms with Crippen molar-refractivity contribution in [2.45, 2.75) is 44.9 Å². The van der Waals surface area contributed by atoms with E-state index in [4.69, 9.17) is 0 Å². The molecule has 8 nitrogen and oxygen atoms in total. The van der Waals surface area contributed by atoms with E-state index >= 15 is 0 Å². The molecule has 3 unspecified atom stereocenters. The molecular formula is C26H29F4N5O3S. The van der Waals surface area contributed by atoms with Gasteiger partial charge < -0.3 is 14.8 Å². The second-order valence-electron chi connectivity index (χ2n) is 10.2. The number of hydrogen-bond acceptors (Lipinski definition) is 5. The minimum atomic E-state index is -4.64. The Labute approximate surface area is 223 Å². The Morgan fingerprint density at radius 3 is 2.64 bits per heavy atom. The summed E-state index contributed by atoms with van der Waals surface area (Å²) in [5.41, 5.74) is 0.626. The molecule has 210 valence electrons. The van der Waals surface area contributed by atoms with Gasteiger partial charge in [-0.1, -0.05) is 0 Å². The lowest BCUT2D eigenvalue weighted by Crippen LogP contribution is -2.52. The Balaban J connectivity index is 1.66. The topological polar surface area (TPSA) is 96.3 Å². The largest absolute Gasteiger partial charge is 0.416 e. The van der Waals surface area contributed by atoms with E-state index in [9.17, 15) is 30.8 Å². The van der Waals surface area contributed by atoms with Gasteiger partial charge in [0.15, 0.2) is 0 Å². The summed E-state index contributed by atoms with van der Waals surface area (Å²) in [5, 5.41) is 3.26. The highest BCUT2D eigenvalue weighted by molar-refractivity contribution is 7.92. The molecule has 2 N–H and O–H groups in total. The fraction of sp³-hybridized carbons (Fsp3) is 0.462. The smallest absolute Gasteiger partial charge is 0.344 e. The first-order chi connectivity index (χ1) is 18.3. The zero-order valence-corrected chi connectivity index (χ0v) is 22.5. The molecule has 3 aromatic rings. The van der Waals surface area contributed by atoms with Crippen LogP contribution in [0.5, 0.6) is 0 Å². The number of likely N-dealkylation sites (N-methyl/N-ethyl adjacent to an activating group) is 1. The lowest BCUT2D eigenvalue weighted by molar-refractivity contribution is -0.138. The number of halogens is 4. The molecule has 2 aliphatic heterocycles. The first-order valence-electron chi connectivity index (χ1n) is 12.6. The van der Waals surface area contributed by atoms with Crippen molar-refractivity contribution in [3.05, 3.63) is 58.7 Å². The van der Waals surface area contributed by atoms with Crippen LogP contribution in [0.3, 0.4) is 0 Å². The van der Waals surface area contributed by atoms with E-state index in [0.717, 1.165) is 24.1 Å². The number of rotatable bonds is 6. The molecule has 0 radical (unpaired) electrons. The predicted molar refractivity (Wildman–Crippen MR) is 138 cm³/mol. The first kappa shape index (κ1) is 27.4. The lowest BCUT2D eigenvalue weighted by Gasteiger charge is -2.38. The molecule has 2 aromatic carbocycles. The van der Waals surface area contributed by atoms with E-state index in [1.807, 2.05) is 6.07 Å². The molecule has 0 aliphatic carbocycles. The summed E-state index contributed by atoms with van der Waals surface area (Å²) in [4.78, 5) is 18.9. The third kappa shape index (κ3) is 5.09. The average Bonchev–Trinajstić information content (AvgIpc) is 3.47. The van der Waals surface area contributed by atoms with Gasteiger partial charge in [-0.3, -0.25) is 9.52 Å². The van der Waals surface area contributed by atoms with Gasteiger partial charge in [0.25, 0.3) is 0 Å². The SMILES string of the molecule is CCS(=O)(=O)Nc1cc(C2CN(C)C(=O)C3NCCC32)cc2c1nc(C)n2Cc1cc(C(F)(F)F)ccc1F. The Morgan fingerprint density at radius 2 is 1.95 bits per heavy atom. The molecule has 13 heteroatoms. The summed E-state index contributed by atoms with van der Waals surface area (Å²) in [5.74, 6) is -0.728. The minimum absolute atomic E-state index is 0.00245. The van der Waals surface area contributed by atoms with E-state index < -0.39 is 27.6 Å². The van der Waals surface area contributed by atoms with Crippen molar-refractivity contribution in [3.8, 4) is 0 Å². The van der Waals surface area contributed by atoms with Crippen LogP contribution in [0.25, 0.3) is 11.0 Å². The summed E-state index contributed by atoms with van der Waals surface area (Å²) in [6.07, 6.45) is -3.87. The highest BCUT2D eigenvalue weighted by Crippen LogP contribution is 2.40. The summed E-state index contributed by atoms with van der Waals surface area (Å²) in [6.45, 7) is 3.99. The van der Waals surface area contributed by atoms with Gasteiger partial charge in [0, 0.05) is 25.1 Å². The fourth-order valence-corrected chi connectivity index (χ4v) is 6.31. The Hall–Kier alpha value is -3.19. The Bertz CT molecular complexity index is 1550. The summed E-state index contributed by atoms with van der Waals surface area (Å²) in [7, 11) is -1.98. The Kier molecular flexibility index (Phi) is 6.86. The number of benzene rings is 2. The number of hydrogen-bond donors (Lipinski definition) is 2. The van der Waals surface area contributed by atoms with Crippen LogP contribution in [-0.4, -0.2) is 60.7 Å². The van der Waals surface area contributed by atoms with E-state index in [0.29, 0.717) is 36.0 Å². The molecule has 0 spiro atoms. The molecule has 39 heavy (non-hydrogen) atoms. The number of alkyl halides is 3. The lowest BCUT2D eigenvalue weighted by atomic mass is 9.77. The number of aryl methyl sites for hydroxylation is 1. The second kappa shape index (κ2) is 9.77. The zero-order valence-electron chi connectivity index (χ0n) is 21.6. The first-order valence-corrected chi connectivity index (χ1v) is 14.3. The van der Waals surface area contributed by atoms with Gasteiger partial charge in [0.05, 0.1) is 35.1 Å². The van der Waals surface area contributed by atoms with Crippen LogP contribution in [0.4, 0.5) is 23.2 Å². The summed E-state index contributed by atoms with van der Waals surface area (Å²) >= 11 is 0. The number of piperidine rings is 1. The molecule has 2 aliphatic rings. The van der Waals surface area contributed by atoms with Crippen molar-refractivity contribution in [2.75, 3.05) is 30.6 Å². The number of nitrogens with zero attached hydrogens (tertiary/aromatic N) is 3. The normalized spacial score (nSPS) is 22.0. The highest BCUT2D eigenvalue weighted by atomic mass is 32.2. The van der Waals surface area contributed by atoms with E-state index in [1.165, 1.54) is 6.92 Å². The molecule has 1 amide bonds. The van der Waals surface area contributed by atoms with Crippen LogP contribution < -0.4 is 10.0 Å². The van der Waals surface area contributed by atoms with Crippen LogP contribution in [-0.2, 0) is 27.5 Å². The number of aromatic nitrogens is 2. The molecule has 1 aromatic heterocycles. The number of likely N-dealkylation sites (tertiary alicyclic amines) is 1. The third-order valence-electron chi connectivity index (χ3n) is 7.74. The number of fused-ring (bicyclic) bond motifs is 2. The van der Waals surface area contributed by atoms with Gasteiger partial charge >= 0.3 is 6.18 Å². The van der Waals surface area contributed by atoms with Gasteiger partial charge in [-0.05, 0) is 68.6 Å². The maximum absolute atomic E-state index is 14.7. The number of anilines is 1. The Morgan fingerprint density at radius 1 is 1.21 bits per heavy atom. The number of sulfonamides is 1. The van der Waals surface area contributed by atoms with Gasteiger partial charge in [-0.25, -0.2) is 17.8 Å². The van der Waals surface area contributed by atoms with Gasteiger partial charge in [-0.2, -0.15) is 13.2 Å². The fourth-order valence-electron chi connectivity index (χ4n) is 5.67. The number of carbonyl (C=O) groups is 1. The average molecular weight is 568 g/mol. The zero-order chi connectivity index (χ0) is 28.3. The van der Waals surface area contributed by atoms with Crippen molar-refractivity contribution in [3.63, 3.8) is 0 Å². The molecule has 2 fully saturated rings. The molecule has 2 saturated heterocycles. The standard InChI is InChI=1S/C26H29F4N5O3S/c1-4-39(37,38)33-21-10-15(19-13-34(3)25(36)23-18(19)7-8-31-23)11-22-24(21)32-14(2)35(22)12-16-9-17(26(28,29)30)5-6-20(16)27/h5-6,9-11,18-19,23,31,33H,4,7-8,12-13H2,1-3H3. The highest BCUT2D eigenvalue weighted by Gasteiger charge is 2.44. The molecule has 0 saturated carbocycles. The molecular weight excluding hydrogens is 538 g/mol. The van der Waals surface area contributed by atoms with Crippen LogP contribution >= 0.6 is 0 Å². The molecule has 3 atom stereocenters. The number of nitrogens with one attached hydrogen (secondary N) is 2. The summed E-state index contributed by atoms with van der Waals surface area (Å²) in [6, 6.07) is 5.46. The van der Waals surface area contributed by atoms with E-state index in [1.54, 1.807) is 29.5 Å². The van der Waals surface area contributed by atoms with Crippen molar-refractivity contribution < 1.29 is 30.8 Å². The van der Waals surface area contributed by atoms with Gasteiger partial charge in [0.2, 0.25) is 15.9 Å². The second-order valence-corrected chi connectivity index (χ2v) is 12.2. The molecule has 3 heterocycles. The maximum Gasteiger partial charge on any atom is 0.416 e. The quantitative estimate of drug-likeness (QED) is 0.442. The monoisotopic (exact) mass is 567 g/mol. The van der Waals surface area contributed by atoms with Gasteiger partial charge in [-0.15, -0.1) is 0 Å². The molecule has 0 bridgehead atoms. The summed E-state index contributed by atoms with van der Waals surface area (Å²) < 4.78 is 84.0. The number of carbonyl (C=O) groups excluding carboxylic acids is 1.